The number of nitrogens with one attached hydrogen (secondary N) is 1. The van der Waals surface area contributed by atoms with Crippen molar-refractivity contribution >= 4 is 44.1 Å². The molecule has 0 bridgehead atoms. The number of aromatic nitrogens is 2. The fourth-order valence-corrected chi connectivity index (χ4v) is 5.82. The molecule has 1 atom stereocenters. The maximum Gasteiger partial charge on any atom is 0.228 e. The third-order valence-corrected chi connectivity index (χ3v) is 7.77. The zero-order valence-electron chi connectivity index (χ0n) is 16.2. The van der Waals surface area contributed by atoms with E-state index in [2.05, 4.69) is 23.2 Å². The molecule has 1 aromatic carbocycles. The number of ether oxygens (including phenoxy) is 1. The number of thiophene rings is 1. The zero-order chi connectivity index (χ0) is 20.0. The number of hydrogen-bond acceptors (Lipinski definition) is 8. The van der Waals surface area contributed by atoms with Gasteiger partial charge < -0.3 is 20.7 Å². The largest absolute Gasteiger partial charge is 0.377 e. The minimum Gasteiger partial charge on any atom is -0.377 e. The Kier molecular flexibility index (Phi) is 4.78. The summed E-state index contributed by atoms with van der Waals surface area (Å²) < 4.78 is 18.9. The maximum atomic E-state index is 12.6. The van der Waals surface area contributed by atoms with Gasteiger partial charge in [0.15, 0.2) is 0 Å². The van der Waals surface area contributed by atoms with Gasteiger partial charge in [0, 0.05) is 35.2 Å². The number of rotatable bonds is 4. The summed E-state index contributed by atoms with van der Waals surface area (Å²) in [5.41, 5.74) is 7.94. The molecule has 7 nitrogen and oxygen atoms in total. The molecule has 9 heteroatoms. The molecule has 3 N–H and O–H groups in total. The second-order valence-electron chi connectivity index (χ2n) is 7.73. The maximum absolute atomic E-state index is 12.6. The normalized spacial score (nSPS) is 20.8. The third-order valence-electron chi connectivity index (χ3n) is 5.28. The number of fused-ring (bicyclic) bond motifs is 2. The van der Waals surface area contributed by atoms with Crippen LogP contribution in [0.1, 0.15) is 10.4 Å². The summed E-state index contributed by atoms with van der Waals surface area (Å²) in [5.74, 6) is 2.02. The van der Waals surface area contributed by atoms with Gasteiger partial charge in [-0.2, -0.15) is 4.98 Å². The molecular weight excluding hydrogens is 406 g/mol. The average Bonchev–Trinajstić information content (AvgIpc) is 2.99. The van der Waals surface area contributed by atoms with Crippen molar-refractivity contribution < 1.29 is 8.95 Å². The van der Waals surface area contributed by atoms with E-state index < -0.39 is 10.8 Å². The minimum atomic E-state index is -1.01. The summed E-state index contributed by atoms with van der Waals surface area (Å²) in [6.07, 6.45) is 0. The van der Waals surface area contributed by atoms with Gasteiger partial charge in [-0.25, -0.2) is 4.98 Å². The van der Waals surface area contributed by atoms with Gasteiger partial charge in [-0.1, -0.05) is 18.2 Å². The topological polar surface area (TPSA) is 93.4 Å². The predicted octanol–water partition coefficient (Wildman–Crippen LogP) is 2.27. The molecule has 0 saturated carbocycles. The Bertz CT molecular complexity index is 1100. The molecule has 152 valence electrons. The molecule has 1 saturated heterocycles. The van der Waals surface area contributed by atoms with Gasteiger partial charge in [0.05, 0.1) is 39.8 Å². The fraction of sp³-hybridized carbons (Fsp3) is 0.400. The van der Waals surface area contributed by atoms with Gasteiger partial charge in [-0.15, -0.1) is 11.3 Å². The van der Waals surface area contributed by atoms with Crippen LogP contribution >= 0.6 is 11.3 Å². The van der Waals surface area contributed by atoms with Crippen LogP contribution in [0.2, 0.25) is 0 Å². The van der Waals surface area contributed by atoms with Gasteiger partial charge in [0.2, 0.25) is 5.95 Å². The van der Waals surface area contributed by atoms with Gasteiger partial charge in [0.25, 0.3) is 0 Å². The van der Waals surface area contributed by atoms with Crippen LogP contribution in [0.5, 0.6) is 0 Å². The van der Waals surface area contributed by atoms with E-state index in [-0.39, 0.29) is 5.54 Å². The molecule has 2 aliphatic heterocycles. The molecule has 2 aliphatic rings. The summed E-state index contributed by atoms with van der Waals surface area (Å²) in [5, 5.41) is 3.43. The first kappa shape index (κ1) is 18.9. The van der Waals surface area contributed by atoms with Crippen molar-refractivity contribution in [2.75, 3.05) is 42.3 Å². The monoisotopic (exact) mass is 429 g/mol. The fourth-order valence-electron chi connectivity index (χ4n) is 3.64. The minimum absolute atomic E-state index is 0.345. The third kappa shape index (κ3) is 3.63. The highest BCUT2D eigenvalue weighted by molar-refractivity contribution is 7.85. The number of hydrogen-bond donors (Lipinski definition) is 2. The van der Waals surface area contributed by atoms with Crippen LogP contribution in [0.25, 0.3) is 10.2 Å². The summed E-state index contributed by atoms with van der Waals surface area (Å²) in [4.78, 5) is 13.9. The van der Waals surface area contributed by atoms with E-state index in [9.17, 15) is 4.21 Å². The van der Waals surface area contributed by atoms with Crippen LogP contribution in [0.4, 0.5) is 11.8 Å². The molecule has 4 heterocycles. The Labute approximate surface area is 175 Å². The molecule has 29 heavy (non-hydrogen) atoms. The molecule has 2 aromatic heterocycles. The Morgan fingerprint density at radius 2 is 2.17 bits per heavy atom. The van der Waals surface area contributed by atoms with Crippen molar-refractivity contribution in [2.45, 2.75) is 23.9 Å². The van der Waals surface area contributed by atoms with E-state index in [4.69, 9.17) is 20.4 Å². The Balaban J connectivity index is 1.50. The molecule has 0 amide bonds. The Morgan fingerprint density at radius 1 is 1.34 bits per heavy atom. The summed E-state index contributed by atoms with van der Waals surface area (Å²) >= 11 is 1.68. The first-order valence-corrected chi connectivity index (χ1v) is 11.7. The van der Waals surface area contributed by atoms with Crippen molar-refractivity contribution in [3.05, 3.63) is 40.8 Å². The lowest BCUT2D eigenvalue weighted by atomic mass is 9.99. The van der Waals surface area contributed by atoms with Crippen molar-refractivity contribution in [1.29, 1.82) is 0 Å². The van der Waals surface area contributed by atoms with Crippen LogP contribution in [-0.4, -0.2) is 51.8 Å². The second kappa shape index (κ2) is 7.32. The highest BCUT2D eigenvalue weighted by Crippen LogP contribution is 2.33. The number of nitrogens with zero attached hydrogens (tertiary/aromatic N) is 3. The smallest absolute Gasteiger partial charge is 0.228 e. The van der Waals surface area contributed by atoms with Gasteiger partial charge in [0.1, 0.15) is 5.82 Å². The number of aryl methyl sites for hydroxylation is 1. The summed E-state index contributed by atoms with van der Waals surface area (Å²) in [6.45, 7) is 5.07. The highest BCUT2D eigenvalue weighted by atomic mass is 32.2. The standard InChI is InChI=1S/C20H23N5O2S2/c1-13-8-15-17(28-13)18(22-10-20(21)11-27-12-20)24-19(23-15)25-6-7-29(26)16-5-3-2-4-14(16)9-25/h2-5,8H,6-7,9-12,21H2,1H3,(H,22,23,24). The van der Waals surface area contributed by atoms with Crippen LogP contribution in [0.3, 0.4) is 0 Å². The molecule has 3 aromatic rings. The van der Waals surface area contributed by atoms with Gasteiger partial charge >= 0.3 is 0 Å². The van der Waals surface area contributed by atoms with Crippen molar-refractivity contribution in [3.8, 4) is 0 Å². The highest BCUT2D eigenvalue weighted by Gasteiger charge is 2.34. The first-order chi connectivity index (χ1) is 14.0. The Morgan fingerprint density at radius 3 is 2.97 bits per heavy atom. The first-order valence-electron chi connectivity index (χ1n) is 9.61. The van der Waals surface area contributed by atoms with Gasteiger partial charge in [-0.05, 0) is 24.6 Å². The molecule has 1 unspecified atom stereocenters. The lowest BCUT2D eigenvalue weighted by molar-refractivity contribution is -0.0461. The van der Waals surface area contributed by atoms with Crippen LogP contribution in [0.15, 0.2) is 35.2 Å². The number of benzene rings is 1. The van der Waals surface area contributed by atoms with E-state index >= 15 is 0 Å². The summed E-state index contributed by atoms with van der Waals surface area (Å²) in [6, 6.07) is 10.0. The molecule has 0 aliphatic carbocycles. The zero-order valence-corrected chi connectivity index (χ0v) is 17.8. The number of anilines is 2. The van der Waals surface area contributed by atoms with Crippen molar-refractivity contribution in [2.24, 2.45) is 5.73 Å². The van der Waals surface area contributed by atoms with Gasteiger partial charge in [-0.3, -0.25) is 4.21 Å². The van der Waals surface area contributed by atoms with Crippen LogP contribution < -0.4 is 16.0 Å². The molecule has 5 rings (SSSR count). The van der Waals surface area contributed by atoms with E-state index in [1.54, 1.807) is 11.3 Å². The van der Waals surface area contributed by atoms with E-state index in [1.165, 1.54) is 4.88 Å². The van der Waals surface area contributed by atoms with Crippen LogP contribution in [0, 0.1) is 6.92 Å². The average molecular weight is 430 g/mol. The molecule has 1 fully saturated rings. The molecule has 0 radical (unpaired) electrons. The SMILES string of the molecule is Cc1cc2nc(N3CCS(=O)c4ccccc4C3)nc(NCC3(N)COC3)c2s1. The summed E-state index contributed by atoms with van der Waals surface area (Å²) in [7, 11) is -1.01. The van der Waals surface area contributed by atoms with E-state index in [1.807, 2.05) is 24.3 Å². The quantitative estimate of drug-likeness (QED) is 0.657. The molecular formula is C20H23N5O2S2. The predicted molar refractivity (Wildman–Crippen MR) is 117 cm³/mol. The lowest BCUT2D eigenvalue weighted by Gasteiger charge is -2.37. The van der Waals surface area contributed by atoms with E-state index in [0.717, 1.165) is 26.5 Å². The van der Waals surface area contributed by atoms with Crippen molar-refractivity contribution in [1.82, 2.24) is 9.97 Å². The second-order valence-corrected chi connectivity index (χ2v) is 10.5. The number of nitrogens with two attached hydrogens (primary N) is 1. The van der Waals surface area contributed by atoms with E-state index in [0.29, 0.717) is 44.5 Å². The van der Waals surface area contributed by atoms with Crippen LogP contribution in [-0.2, 0) is 22.1 Å². The molecule has 0 spiro atoms. The van der Waals surface area contributed by atoms with Crippen molar-refractivity contribution in [3.63, 3.8) is 0 Å². The Hall–Kier alpha value is -2.07. The lowest BCUT2D eigenvalue weighted by Crippen LogP contribution is -2.61.